The van der Waals surface area contributed by atoms with Crippen molar-refractivity contribution < 1.29 is 9.59 Å². The van der Waals surface area contributed by atoms with Crippen molar-refractivity contribution in [2.45, 2.75) is 52.0 Å². The first-order valence-corrected chi connectivity index (χ1v) is 9.90. The first kappa shape index (κ1) is 19.1. The molecule has 27 heavy (non-hydrogen) atoms. The lowest BCUT2D eigenvalue weighted by molar-refractivity contribution is 0.0938. The number of hydrogen-bond donors (Lipinski definition) is 2. The number of carbonyl (C=O) groups is 2. The number of benzene rings is 1. The maximum absolute atomic E-state index is 12.7. The van der Waals surface area contributed by atoms with Gasteiger partial charge < -0.3 is 15.2 Å². The average Bonchev–Trinajstić information content (AvgIpc) is 3.09. The lowest BCUT2D eigenvalue weighted by Gasteiger charge is -2.17. The SMILES string of the molecule is CCCCNC(=O)c1nc(C(=O)NCCc2ccccc2)n2c1CCCC2. The normalized spacial score (nSPS) is 13.1. The highest BCUT2D eigenvalue weighted by molar-refractivity contribution is 5.97. The van der Waals surface area contributed by atoms with Gasteiger partial charge in [-0.05, 0) is 37.7 Å². The molecular formula is C21H28N4O2. The lowest BCUT2D eigenvalue weighted by Crippen LogP contribution is -2.29. The summed E-state index contributed by atoms with van der Waals surface area (Å²) in [6.07, 6.45) is 5.55. The van der Waals surface area contributed by atoms with Gasteiger partial charge in [0.15, 0.2) is 5.82 Å². The van der Waals surface area contributed by atoms with E-state index in [1.165, 1.54) is 5.56 Å². The van der Waals surface area contributed by atoms with Gasteiger partial charge in [0.05, 0.1) is 5.69 Å². The Hall–Kier alpha value is -2.63. The number of fused-ring (bicyclic) bond motifs is 1. The third kappa shape index (κ3) is 4.76. The van der Waals surface area contributed by atoms with Crippen LogP contribution in [0.4, 0.5) is 0 Å². The zero-order valence-electron chi connectivity index (χ0n) is 16.0. The van der Waals surface area contributed by atoms with Gasteiger partial charge in [-0.3, -0.25) is 9.59 Å². The molecule has 6 nitrogen and oxygen atoms in total. The summed E-state index contributed by atoms with van der Waals surface area (Å²) < 4.78 is 1.93. The highest BCUT2D eigenvalue weighted by atomic mass is 16.2. The van der Waals surface area contributed by atoms with E-state index in [4.69, 9.17) is 0 Å². The monoisotopic (exact) mass is 368 g/mol. The number of carbonyl (C=O) groups excluding carboxylic acids is 2. The summed E-state index contributed by atoms with van der Waals surface area (Å²) in [5, 5.41) is 5.87. The fraction of sp³-hybridized carbons (Fsp3) is 0.476. The van der Waals surface area contributed by atoms with Gasteiger partial charge in [-0.15, -0.1) is 0 Å². The minimum absolute atomic E-state index is 0.169. The van der Waals surface area contributed by atoms with Crippen LogP contribution in [0.15, 0.2) is 30.3 Å². The number of hydrogen-bond acceptors (Lipinski definition) is 3. The van der Waals surface area contributed by atoms with E-state index in [9.17, 15) is 9.59 Å². The lowest BCUT2D eigenvalue weighted by atomic mass is 10.1. The van der Waals surface area contributed by atoms with Crippen LogP contribution in [-0.2, 0) is 19.4 Å². The quantitative estimate of drug-likeness (QED) is 0.704. The van der Waals surface area contributed by atoms with Crippen LogP contribution in [0.3, 0.4) is 0 Å². The van der Waals surface area contributed by atoms with Gasteiger partial charge in [0.1, 0.15) is 5.69 Å². The van der Waals surface area contributed by atoms with E-state index in [1.54, 1.807) is 0 Å². The first-order chi connectivity index (χ1) is 13.2. The van der Waals surface area contributed by atoms with E-state index in [2.05, 4.69) is 22.5 Å². The molecule has 0 saturated heterocycles. The summed E-state index contributed by atoms with van der Waals surface area (Å²) in [4.78, 5) is 29.6. The van der Waals surface area contributed by atoms with E-state index >= 15 is 0 Å². The molecule has 2 amide bonds. The second-order valence-electron chi connectivity index (χ2n) is 6.94. The number of nitrogens with zero attached hydrogens (tertiary/aromatic N) is 2. The van der Waals surface area contributed by atoms with E-state index in [0.29, 0.717) is 24.6 Å². The summed E-state index contributed by atoms with van der Waals surface area (Å²) in [5.41, 5.74) is 2.49. The first-order valence-electron chi connectivity index (χ1n) is 9.90. The highest BCUT2D eigenvalue weighted by Gasteiger charge is 2.27. The minimum atomic E-state index is -0.207. The molecule has 3 rings (SSSR count). The summed E-state index contributed by atoms with van der Waals surface area (Å²) in [7, 11) is 0. The van der Waals surface area contributed by atoms with Crippen LogP contribution in [0.1, 0.15) is 65.0 Å². The third-order valence-electron chi connectivity index (χ3n) is 4.89. The van der Waals surface area contributed by atoms with Gasteiger partial charge in [0, 0.05) is 19.6 Å². The molecule has 0 aliphatic carbocycles. The topological polar surface area (TPSA) is 76.0 Å². The molecular weight excluding hydrogens is 340 g/mol. The molecule has 1 aliphatic rings. The Balaban J connectivity index is 1.68. The van der Waals surface area contributed by atoms with Crippen molar-refractivity contribution >= 4 is 11.8 Å². The molecule has 2 N–H and O–H groups in total. The minimum Gasteiger partial charge on any atom is -0.351 e. The van der Waals surface area contributed by atoms with Crippen LogP contribution < -0.4 is 10.6 Å². The van der Waals surface area contributed by atoms with Crippen LogP contribution in [0.5, 0.6) is 0 Å². The van der Waals surface area contributed by atoms with E-state index < -0.39 is 0 Å². The fourth-order valence-corrected chi connectivity index (χ4v) is 3.40. The molecule has 0 bridgehead atoms. The second kappa shape index (κ2) is 9.35. The molecule has 2 aromatic rings. The molecule has 2 heterocycles. The highest BCUT2D eigenvalue weighted by Crippen LogP contribution is 2.21. The van der Waals surface area contributed by atoms with Crippen LogP contribution in [0.2, 0.25) is 0 Å². The average molecular weight is 368 g/mol. The third-order valence-corrected chi connectivity index (χ3v) is 4.89. The van der Waals surface area contributed by atoms with Crippen molar-refractivity contribution in [1.29, 1.82) is 0 Å². The van der Waals surface area contributed by atoms with E-state index in [0.717, 1.165) is 50.8 Å². The number of nitrogens with one attached hydrogen (secondary N) is 2. The van der Waals surface area contributed by atoms with Crippen LogP contribution in [0, 0.1) is 0 Å². The predicted octanol–water partition coefficient (Wildman–Crippen LogP) is 2.72. The molecule has 1 aliphatic heterocycles. The maximum Gasteiger partial charge on any atom is 0.287 e. The van der Waals surface area contributed by atoms with Gasteiger partial charge >= 0.3 is 0 Å². The summed E-state index contributed by atoms with van der Waals surface area (Å²) in [5.74, 6) is -0.0162. The van der Waals surface area contributed by atoms with Gasteiger partial charge in [-0.2, -0.15) is 0 Å². The molecule has 144 valence electrons. The van der Waals surface area contributed by atoms with Gasteiger partial charge in [-0.1, -0.05) is 43.7 Å². The van der Waals surface area contributed by atoms with Gasteiger partial charge in [0.25, 0.3) is 11.8 Å². The van der Waals surface area contributed by atoms with Crippen molar-refractivity contribution in [2.75, 3.05) is 13.1 Å². The zero-order chi connectivity index (χ0) is 19.1. The second-order valence-corrected chi connectivity index (χ2v) is 6.94. The summed E-state index contributed by atoms with van der Waals surface area (Å²) in [6.45, 7) is 4.01. The largest absolute Gasteiger partial charge is 0.351 e. The Kier molecular flexibility index (Phi) is 6.63. The predicted molar refractivity (Wildman–Crippen MR) is 105 cm³/mol. The van der Waals surface area contributed by atoms with Crippen molar-refractivity contribution in [3.05, 3.63) is 53.1 Å². The molecule has 6 heteroatoms. The van der Waals surface area contributed by atoms with Crippen molar-refractivity contribution in [2.24, 2.45) is 0 Å². The molecule has 0 atom stereocenters. The number of unbranched alkanes of at least 4 members (excludes halogenated alkanes) is 1. The van der Waals surface area contributed by atoms with Crippen molar-refractivity contribution in [1.82, 2.24) is 20.2 Å². The fourth-order valence-electron chi connectivity index (χ4n) is 3.40. The molecule has 0 spiro atoms. The Morgan fingerprint density at radius 2 is 1.85 bits per heavy atom. The van der Waals surface area contributed by atoms with E-state index in [-0.39, 0.29) is 11.8 Å². The number of amides is 2. The molecule has 1 aromatic carbocycles. The Labute approximate surface area is 160 Å². The molecule has 0 unspecified atom stereocenters. The van der Waals surface area contributed by atoms with Gasteiger partial charge in [-0.25, -0.2) is 4.98 Å². The molecule has 1 aromatic heterocycles. The van der Waals surface area contributed by atoms with E-state index in [1.807, 2.05) is 34.9 Å². The van der Waals surface area contributed by atoms with Gasteiger partial charge in [0.2, 0.25) is 0 Å². The number of imidazole rings is 1. The molecule has 0 fully saturated rings. The molecule has 0 radical (unpaired) electrons. The zero-order valence-corrected chi connectivity index (χ0v) is 16.0. The summed E-state index contributed by atoms with van der Waals surface area (Å²) in [6, 6.07) is 10.0. The maximum atomic E-state index is 12.7. The number of aromatic nitrogens is 2. The number of rotatable bonds is 8. The van der Waals surface area contributed by atoms with Crippen molar-refractivity contribution in [3.8, 4) is 0 Å². The Morgan fingerprint density at radius 3 is 2.63 bits per heavy atom. The van der Waals surface area contributed by atoms with Crippen molar-refractivity contribution in [3.63, 3.8) is 0 Å². The van der Waals surface area contributed by atoms with Crippen LogP contribution in [-0.4, -0.2) is 34.5 Å². The summed E-state index contributed by atoms with van der Waals surface area (Å²) >= 11 is 0. The standard InChI is InChI=1S/C21H28N4O2/c1-2-3-13-22-20(26)18-17-11-7-8-15-25(17)19(24-18)21(27)23-14-12-16-9-5-4-6-10-16/h4-6,9-10H,2-3,7-8,11-15H2,1H3,(H,22,26)(H,23,27). The Morgan fingerprint density at radius 1 is 1.07 bits per heavy atom. The Bertz CT molecular complexity index is 783. The molecule has 0 saturated carbocycles. The smallest absolute Gasteiger partial charge is 0.287 e. The van der Waals surface area contributed by atoms with Crippen LogP contribution >= 0.6 is 0 Å². The van der Waals surface area contributed by atoms with Crippen LogP contribution in [0.25, 0.3) is 0 Å².